The molecule has 0 saturated carbocycles. The maximum absolute atomic E-state index is 12.5. The van der Waals surface area contributed by atoms with E-state index in [4.69, 9.17) is 0 Å². The summed E-state index contributed by atoms with van der Waals surface area (Å²) in [4.78, 5) is 14.6. The Morgan fingerprint density at radius 1 is 1.21 bits per heavy atom. The maximum Gasteiger partial charge on any atom is 0.238 e. The Labute approximate surface area is 144 Å². The van der Waals surface area contributed by atoms with Crippen LogP contribution in [0.4, 0.5) is 5.69 Å². The molecule has 0 fully saturated rings. The fraction of sp³-hybridized carbons (Fsp3) is 0.381. The number of amides is 1. The number of nitrogens with zero attached hydrogens (tertiary/aromatic N) is 1. The van der Waals surface area contributed by atoms with E-state index in [-0.39, 0.29) is 5.91 Å². The van der Waals surface area contributed by atoms with E-state index < -0.39 is 0 Å². The van der Waals surface area contributed by atoms with Gasteiger partial charge in [-0.3, -0.25) is 9.69 Å². The highest BCUT2D eigenvalue weighted by molar-refractivity contribution is 5.93. The van der Waals surface area contributed by atoms with E-state index in [0.717, 1.165) is 24.1 Å². The standard InChI is InChI=1S/C21H26N2O/c1-15-11-12-19(16(2)13-15)22-21(24)14-23(3)20-10-6-8-17-7-4-5-9-18(17)20/h4-5,7,9,11-13,20H,6,8,10,14H2,1-3H3,(H,22,24). The molecule has 3 nitrogen and oxygen atoms in total. The number of hydrogen-bond donors (Lipinski definition) is 1. The molecule has 2 aromatic carbocycles. The van der Waals surface area contributed by atoms with Gasteiger partial charge in [0.05, 0.1) is 6.54 Å². The number of benzene rings is 2. The van der Waals surface area contributed by atoms with Crippen LogP contribution < -0.4 is 5.32 Å². The summed E-state index contributed by atoms with van der Waals surface area (Å²) in [6, 6.07) is 15.1. The zero-order chi connectivity index (χ0) is 17.1. The van der Waals surface area contributed by atoms with Crippen molar-refractivity contribution >= 4 is 11.6 Å². The molecule has 1 aliphatic carbocycles. The highest BCUT2D eigenvalue weighted by Crippen LogP contribution is 2.33. The quantitative estimate of drug-likeness (QED) is 0.912. The second kappa shape index (κ2) is 7.18. The molecule has 2 aromatic rings. The molecule has 0 bridgehead atoms. The van der Waals surface area contributed by atoms with E-state index in [1.807, 2.05) is 26.1 Å². The van der Waals surface area contributed by atoms with E-state index in [1.165, 1.54) is 23.1 Å². The van der Waals surface area contributed by atoms with Crippen LogP contribution in [-0.4, -0.2) is 24.4 Å². The van der Waals surface area contributed by atoms with E-state index in [0.29, 0.717) is 12.6 Å². The average molecular weight is 322 g/mol. The van der Waals surface area contributed by atoms with Crippen LogP contribution in [-0.2, 0) is 11.2 Å². The first-order valence-corrected chi connectivity index (χ1v) is 8.70. The molecule has 0 aliphatic heterocycles. The van der Waals surface area contributed by atoms with Gasteiger partial charge in [0, 0.05) is 11.7 Å². The summed E-state index contributed by atoms with van der Waals surface area (Å²) in [7, 11) is 2.05. The Bertz CT molecular complexity index is 738. The molecule has 24 heavy (non-hydrogen) atoms. The zero-order valence-corrected chi connectivity index (χ0v) is 14.8. The number of carbonyl (C=O) groups is 1. The lowest BCUT2D eigenvalue weighted by atomic mass is 9.87. The van der Waals surface area contributed by atoms with Gasteiger partial charge in [-0.15, -0.1) is 0 Å². The normalized spacial score (nSPS) is 16.8. The summed E-state index contributed by atoms with van der Waals surface area (Å²) in [6.45, 7) is 4.50. The molecule has 0 radical (unpaired) electrons. The van der Waals surface area contributed by atoms with Gasteiger partial charge >= 0.3 is 0 Å². The molecule has 126 valence electrons. The lowest BCUT2D eigenvalue weighted by molar-refractivity contribution is -0.117. The summed E-state index contributed by atoms with van der Waals surface area (Å²) < 4.78 is 0. The smallest absolute Gasteiger partial charge is 0.238 e. The van der Waals surface area contributed by atoms with Gasteiger partial charge in [-0.25, -0.2) is 0 Å². The van der Waals surface area contributed by atoms with E-state index in [9.17, 15) is 4.79 Å². The fourth-order valence-corrected chi connectivity index (χ4v) is 3.67. The number of rotatable bonds is 4. The number of carbonyl (C=O) groups excluding carboxylic acids is 1. The van der Waals surface area contributed by atoms with Crippen molar-refractivity contribution in [3.05, 3.63) is 64.7 Å². The summed E-state index contributed by atoms with van der Waals surface area (Å²) >= 11 is 0. The van der Waals surface area contributed by atoms with E-state index >= 15 is 0 Å². The van der Waals surface area contributed by atoms with Gasteiger partial charge < -0.3 is 5.32 Å². The van der Waals surface area contributed by atoms with Crippen molar-refractivity contribution in [1.82, 2.24) is 4.90 Å². The van der Waals surface area contributed by atoms with Crippen LogP contribution in [0.3, 0.4) is 0 Å². The molecule has 3 heteroatoms. The van der Waals surface area contributed by atoms with Crippen molar-refractivity contribution in [2.45, 2.75) is 39.2 Å². The molecule has 3 rings (SSSR count). The van der Waals surface area contributed by atoms with Crippen molar-refractivity contribution in [2.24, 2.45) is 0 Å². The van der Waals surface area contributed by atoms with Gasteiger partial charge in [0.15, 0.2) is 0 Å². The summed E-state index contributed by atoms with van der Waals surface area (Å²) in [5, 5.41) is 3.05. The van der Waals surface area contributed by atoms with Crippen LogP contribution in [0, 0.1) is 13.8 Å². The van der Waals surface area contributed by atoms with Gasteiger partial charge in [0.25, 0.3) is 0 Å². The predicted molar refractivity (Wildman–Crippen MR) is 99.3 cm³/mol. The van der Waals surface area contributed by atoms with Gasteiger partial charge in [0.1, 0.15) is 0 Å². The second-order valence-corrected chi connectivity index (χ2v) is 6.89. The molecule has 1 atom stereocenters. The van der Waals surface area contributed by atoms with Crippen molar-refractivity contribution in [3.8, 4) is 0 Å². The summed E-state index contributed by atoms with van der Waals surface area (Å²) in [6.07, 6.45) is 3.45. The number of aryl methyl sites for hydroxylation is 3. The third-order valence-corrected chi connectivity index (χ3v) is 4.92. The Kier molecular flexibility index (Phi) is 5.00. The molecular formula is C21H26N2O. The summed E-state index contributed by atoms with van der Waals surface area (Å²) in [5.41, 5.74) is 6.03. The fourth-order valence-electron chi connectivity index (χ4n) is 3.67. The second-order valence-electron chi connectivity index (χ2n) is 6.89. The molecule has 0 spiro atoms. The first-order chi connectivity index (χ1) is 11.5. The predicted octanol–water partition coefficient (Wildman–Crippen LogP) is 4.25. The number of hydrogen-bond acceptors (Lipinski definition) is 2. The van der Waals surface area contributed by atoms with E-state index in [2.05, 4.69) is 47.5 Å². The molecule has 1 unspecified atom stereocenters. The third-order valence-electron chi connectivity index (χ3n) is 4.92. The lowest BCUT2D eigenvalue weighted by Crippen LogP contribution is -2.35. The molecule has 1 aliphatic rings. The number of nitrogens with one attached hydrogen (secondary N) is 1. The number of fused-ring (bicyclic) bond motifs is 1. The van der Waals surface area contributed by atoms with Gasteiger partial charge in [-0.2, -0.15) is 0 Å². The SMILES string of the molecule is Cc1ccc(NC(=O)CN(C)C2CCCc3ccccc32)c(C)c1. The number of likely N-dealkylation sites (N-methyl/N-ethyl adjacent to an activating group) is 1. The van der Waals surface area contributed by atoms with Crippen molar-refractivity contribution in [2.75, 3.05) is 18.9 Å². The van der Waals surface area contributed by atoms with E-state index in [1.54, 1.807) is 0 Å². The molecular weight excluding hydrogens is 296 g/mol. The van der Waals surface area contributed by atoms with Gasteiger partial charge in [-0.05, 0) is 62.9 Å². The molecule has 0 aromatic heterocycles. The van der Waals surface area contributed by atoms with Crippen LogP contribution >= 0.6 is 0 Å². The highest BCUT2D eigenvalue weighted by Gasteiger charge is 2.24. The Balaban J connectivity index is 1.67. The minimum Gasteiger partial charge on any atom is -0.325 e. The zero-order valence-electron chi connectivity index (χ0n) is 14.8. The van der Waals surface area contributed by atoms with Crippen LogP contribution in [0.2, 0.25) is 0 Å². The van der Waals surface area contributed by atoms with Gasteiger partial charge in [0.2, 0.25) is 5.91 Å². The van der Waals surface area contributed by atoms with Crippen molar-refractivity contribution < 1.29 is 4.79 Å². The minimum atomic E-state index is 0.0486. The third kappa shape index (κ3) is 3.68. The molecule has 0 heterocycles. The van der Waals surface area contributed by atoms with Crippen molar-refractivity contribution in [1.29, 1.82) is 0 Å². The largest absolute Gasteiger partial charge is 0.325 e. The Hall–Kier alpha value is -2.13. The van der Waals surface area contributed by atoms with Crippen LogP contribution in [0.25, 0.3) is 0 Å². The Morgan fingerprint density at radius 3 is 2.79 bits per heavy atom. The summed E-state index contributed by atoms with van der Waals surface area (Å²) in [5.74, 6) is 0.0486. The van der Waals surface area contributed by atoms with Crippen LogP contribution in [0.15, 0.2) is 42.5 Å². The van der Waals surface area contributed by atoms with Gasteiger partial charge in [-0.1, -0.05) is 42.0 Å². The van der Waals surface area contributed by atoms with Crippen LogP contribution in [0.5, 0.6) is 0 Å². The Morgan fingerprint density at radius 2 is 2.00 bits per heavy atom. The number of anilines is 1. The highest BCUT2D eigenvalue weighted by atomic mass is 16.2. The maximum atomic E-state index is 12.5. The average Bonchev–Trinajstić information content (AvgIpc) is 2.57. The van der Waals surface area contributed by atoms with Crippen molar-refractivity contribution in [3.63, 3.8) is 0 Å². The molecule has 1 N–H and O–H groups in total. The minimum absolute atomic E-state index is 0.0486. The van der Waals surface area contributed by atoms with Crippen LogP contribution in [0.1, 0.15) is 41.1 Å². The molecule has 0 saturated heterocycles. The first-order valence-electron chi connectivity index (χ1n) is 8.70. The lowest BCUT2D eigenvalue weighted by Gasteiger charge is -2.32. The monoisotopic (exact) mass is 322 g/mol. The molecule has 1 amide bonds. The first kappa shape index (κ1) is 16.7. The topological polar surface area (TPSA) is 32.3 Å².